The average Bonchev–Trinajstić information content (AvgIpc) is 1.83. The second kappa shape index (κ2) is 4.43. The van der Waals surface area contributed by atoms with Crippen molar-refractivity contribution in [3.63, 3.8) is 0 Å². The van der Waals surface area contributed by atoms with E-state index in [1.807, 2.05) is 0 Å². The molecule has 0 aromatic rings. The van der Waals surface area contributed by atoms with Crippen molar-refractivity contribution in [2.24, 2.45) is 0 Å². The number of halogens is 2. The van der Waals surface area contributed by atoms with Gasteiger partial charge in [0.25, 0.3) is 6.43 Å². The standard InChI is InChI=1S/C4H8F2N2S/c1-7-4(9)8-2-3(5)6/h3H,2H2,1H3,(H2,7,8,9). The zero-order valence-electron chi connectivity index (χ0n) is 4.95. The first-order chi connectivity index (χ1) is 4.16. The van der Waals surface area contributed by atoms with Crippen molar-refractivity contribution in [3.05, 3.63) is 0 Å². The van der Waals surface area contributed by atoms with Crippen molar-refractivity contribution in [1.29, 1.82) is 0 Å². The highest BCUT2D eigenvalue weighted by molar-refractivity contribution is 7.80. The van der Waals surface area contributed by atoms with E-state index < -0.39 is 6.43 Å². The third-order valence-corrected chi connectivity index (χ3v) is 0.992. The van der Waals surface area contributed by atoms with Crippen LogP contribution in [0.1, 0.15) is 0 Å². The highest BCUT2D eigenvalue weighted by Gasteiger charge is 2.00. The van der Waals surface area contributed by atoms with Crippen LogP contribution in [0.3, 0.4) is 0 Å². The lowest BCUT2D eigenvalue weighted by Gasteiger charge is -2.04. The van der Waals surface area contributed by atoms with Crippen LogP contribution in [0.5, 0.6) is 0 Å². The number of alkyl halides is 2. The molecule has 0 bridgehead atoms. The molecule has 0 saturated carbocycles. The fraction of sp³-hybridized carbons (Fsp3) is 0.750. The smallest absolute Gasteiger partial charge is 0.255 e. The Bertz CT molecular complexity index is 96.6. The predicted molar refractivity (Wildman–Crippen MR) is 35.7 cm³/mol. The molecule has 0 fully saturated rings. The molecule has 0 atom stereocenters. The summed E-state index contributed by atoms with van der Waals surface area (Å²) in [5.74, 6) is 0. The van der Waals surface area contributed by atoms with Crippen LogP contribution < -0.4 is 10.6 Å². The van der Waals surface area contributed by atoms with Crippen LogP contribution in [0.4, 0.5) is 8.78 Å². The van der Waals surface area contributed by atoms with Crippen molar-refractivity contribution in [2.45, 2.75) is 6.43 Å². The van der Waals surface area contributed by atoms with E-state index in [4.69, 9.17) is 0 Å². The van der Waals surface area contributed by atoms with Crippen LogP contribution in [0.15, 0.2) is 0 Å². The Morgan fingerprint density at radius 1 is 1.67 bits per heavy atom. The van der Waals surface area contributed by atoms with Gasteiger partial charge in [0.1, 0.15) is 0 Å². The molecule has 0 unspecified atom stereocenters. The zero-order chi connectivity index (χ0) is 7.28. The fourth-order valence-electron chi connectivity index (χ4n) is 0.258. The molecule has 0 radical (unpaired) electrons. The van der Waals surface area contributed by atoms with Crippen molar-refractivity contribution in [3.8, 4) is 0 Å². The number of hydrogen-bond acceptors (Lipinski definition) is 1. The molecule has 54 valence electrons. The molecule has 2 N–H and O–H groups in total. The van der Waals surface area contributed by atoms with Gasteiger partial charge in [-0.25, -0.2) is 8.78 Å². The zero-order valence-corrected chi connectivity index (χ0v) is 5.77. The normalized spacial score (nSPS) is 9.33. The second-order valence-electron chi connectivity index (χ2n) is 1.35. The molecule has 0 rings (SSSR count). The molecule has 0 spiro atoms. The first kappa shape index (κ1) is 8.55. The molecular weight excluding hydrogens is 146 g/mol. The van der Waals surface area contributed by atoms with E-state index in [0.29, 0.717) is 0 Å². The van der Waals surface area contributed by atoms with Crippen molar-refractivity contribution < 1.29 is 8.78 Å². The van der Waals surface area contributed by atoms with Crippen molar-refractivity contribution in [1.82, 2.24) is 10.6 Å². The molecule has 0 aromatic carbocycles. The van der Waals surface area contributed by atoms with Gasteiger partial charge < -0.3 is 10.6 Å². The average molecular weight is 154 g/mol. The van der Waals surface area contributed by atoms with E-state index in [9.17, 15) is 8.78 Å². The lowest BCUT2D eigenvalue weighted by atomic mass is 10.7. The maximum Gasteiger partial charge on any atom is 0.255 e. The maximum absolute atomic E-state index is 11.4. The van der Waals surface area contributed by atoms with Crippen LogP contribution in [-0.2, 0) is 0 Å². The molecule has 5 heteroatoms. The minimum absolute atomic E-state index is 0.246. The van der Waals surface area contributed by atoms with E-state index in [1.165, 1.54) is 0 Å². The van der Waals surface area contributed by atoms with Gasteiger partial charge in [0.05, 0.1) is 6.54 Å². The largest absolute Gasteiger partial charge is 0.366 e. The van der Waals surface area contributed by atoms with Gasteiger partial charge in [-0.05, 0) is 12.2 Å². The van der Waals surface area contributed by atoms with E-state index in [-0.39, 0.29) is 11.7 Å². The maximum atomic E-state index is 11.4. The summed E-state index contributed by atoms with van der Waals surface area (Å²) in [5, 5.41) is 5.06. The van der Waals surface area contributed by atoms with Gasteiger partial charge in [-0.1, -0.05) is 0 Å². The van der Waals surface area contributed by atoms with E-state index in [2.05, 4.69) is 22.9 Å². The van der Waals surface area contributed by atoms with Gasteiger partial charge in [-0.2, -0.15) is 0 Å². The molecule has 0 aromatic heterocycles. The van der Waals surface area contributed by atoms with Crippen LogP contribution in [-0.4, -0.2) is 25.1 Å². The number of nitrogens with one attached hydrogen (secondary N) is 2. The monoisotopic (exact) mass is 154 g/mol. The highest BCUT2D eigenvalue weighted by Crippen LogP contribution is 1.86. The summed E-state index contributed by atoms with van der Waals surface area (Å²) in [7, 11) is 1.57. The van der Waals surface area contributed by atoms with Crippen molar-refractivity contribution in [2.75, 3.05) is 13.6 Å². The Morgan fingerprint density at radius 2 is 2.22 bits per heavy atom. The molecule has 9 heavy (non-hydrogen) atoms. The first-order valence-electron chi connectivity index (χ1n) is 2.40. The molecular formula is C4H8F2N2S. The third kappa shape index (κ3) is 5.42. The van der Waals surface area contributed by atoms with Crippen LogP contribution in [0.2, 0.25) is 0 Å². The van der Waals surface area contributed by atoms with Gasteiger partial charge in [-0.15, -0.1) is 0 Å². The van der Waals surface area contributed by atoms with E-state index in [1.54, 1.807) is 7.05 Å². The quantitative estimate of drug-likeness (QED) is 0.561. The van der Waals surface area contributed by atoms with E-state index >= 15 is 0 Å². The SMILES string of the molecule is CNC(=S)NCC(F)F. The summed E-state index contributed by atoms with van der Waals surface area (Å²) in [4.78, 5) is 0. The minimum Gasteiger partial charge on any atom is -0.366 e. The fourth-order valence-corrected chi connectivity index (χ4v) is 0.342. The Kier molecular flexibility index (Phi) is 4.21. The minimum atomic E-state index is -2.35. The summed E-state index contributed by atoms with van der Waals surface area (Å²) in [6, 6.07) is 0. The molecule has 2 nitrogen and oxygen atoms in total. The molecule has 0 heterocycles. The molecule has 0 aliphatic rings. The van der Waals surface area contributed by atoms with Crippen LogP contribution >= 0.6 is 12.2 Å². The van der Waals surface area contributed by atoms with Gasteiger partial charge in [-0.3, -0.25) is 0 Å². The first-order valence-corrected chi connectivity index (χ1v) is 2.81. The molecule has 0 aliphatic heterocycles. The summed E-state index contributed by atoms with van der Waals surface area (Å²) < 4.78 is 22.8. The van der Waals surface area contributed by atoms with Gasteiger partial charge in [0.2, 0.25) is 0 Å². The number of rotatable bonds is 2. The molecule has 0 amide bonds. The third-order valence-electron chi connectivity index (χ3n) is 0.644. The summed E-state index contributed by atoms with van der Waals surface area (Å²) in [5.41, 5.74) is 0. The van der Waals surface area contributed by atoms with Gasteiger partial charge >= 0.3 is 0 Å². The Morgan fingerprint density at radius 3 is 2.56 bits per heavy atom. The van der Waals surface area contributed by atoms with Crippen LogP contribution in [0, 0.1) is 0 Å². The highest BCUT2D eigenvalue weighted by atomic mass is 32.1. The van der Waals surface area contributed by atoms with Crippen LogP contribution in [0.25, 0.3) is 0 Å². The topological polar surface area (TPSA) is 24.1 Å². The number of hydrogen-bond donors (Lipinski definition) is 2. The Balaban J connectivity index is 3.17. The summed E-state index contributed by atoms with van der Waals surface area (Å²) in [6.45, 7) is -0.389. The molecule has 0 saturated heterocycles. The summed E-state index contributed by atoms with van der Waals surface area (Å²) in [6.07, 6.45) is -2.35. The Labute approximate surface area is 57.6 Å². The lowest BCUT2D eigenvalue weighted by Crippen LogP contribution is -2.35. The molecule has 0 aliphatic carbocycles. The number of thiocarbonyl (C=S) groups is 1. The van der Waals surface area contributed by atoms with Gasteiger partial charge in [0, 0.05) is 7.05 Å². The van der Waals surface area contributed by atoms with Gasteiger partial charge in [0.15, 0.2) is 5.11 Å². The second-order valence-corrected chi connectivity index (χ2v) is 1.76. The predicted octanol–water partition coefficient (Wildman–Crippen LogP) is 0.345. The summed E-state index contributed by atoms with van der Waals surface area (Å²) >= 11 is 4.52. The lowest BCUT2D eigenvalue weighted by molar-refractivity contribution is 0.152. The Hall–Kier alpha value is -0.450. The van der Waals surface area contributed by atoms with Crippen molar-refractivity contribution >= 4 is 17.3 Å². The van der Waals surface area contributed by atoms with E-state index in [0.717, 1.165) is 0 Å².